The Labute approximate surface area is 228 Å². The minimum absolute atomic E-state index is 0.163. The third-order valence-electron chi connectivity index (χ3n) is 7.10. The van der Waals surface area contributed by atoms with Gasteiger partial charge in [0, 0.05) is 24.3 Å². The van der Waals surface area contributed by atoms with Crippen molar-refractivity contribution in [1.29, 1.82) is 0 Å². The van der Waals surface area contributed by atoms with E-state index in [0.717, 1.165) is 32.6 Å². The predicted octanol–water partition coefficient (Wildman–Crippen LogP) is 5.29. The van der Waals surface area contributed by atoms with Gasteiger partial charge in [0.25, 0.3) is 0 Å². The van der Waals surface area contributed by atoms with Crippen LogP contribution in [0.3, 0.4) is 0 Å². The maximum absolute atomic E-state index is 13.9. The van der Waals surface area contributed by atoms with Crippen molar-refractivity contribution in [1.82, 2.24) is 4.73 Å². The van der Waals surface area contributed by atoms with Gasteiger partial charge >= 0.3 is 11.9 Å². The van der Waals surface area contributed by atoms with Gasteiger partial charge in [-0.1, -0.05) is 36.4 Å². The van der Waals surface area contributed by atoms with E-state index in [9.17, 15) is 19.8 Å². The van der Waals surface area contributed by atoms with E-state index in [0.29, 0.717) is 27.2 Å². The average Bonchev–Trinajstić information content (AvgIpc) is 3.26. The van der Waals surface area contributed by atoms with Crippen molar-refractivity contribution in [2.24, 2.45) is 7.05 Å². The van der Waals surface area contributed by atoms with Crippen LogP contribution in [0.15, 0.2) is 84.9 Å². The highest BCUT2D eigenvalue weighted by atomic mass is 16.7. The van der Waals surface area contributed by atoms with Crippen LogP contribution in [0, 0.1) is 13.8 Å². The van der Waals surface area contributed by atoms with Gasteiger partial charge in [-0.2, -0.15) is 4.57 Å². The lowest BCUT2D eigenvalue weighted by Crippen LogP contribution is -2.31. The smallest absolute Gasteiger partial charge is 0.363 e. The van der Waals surface area contributed by atoms with Crippen molar-refractivity contribution in [3.63, 3.8) is 0 Å². The van der Waals surface area contributed by atoms with Gasteiger partial charge in [-0.15, -0.1) is 4.73 Å². The zero-order chi connectivity index (χ0) is 28.1. The molecule has 2 N–H and O–H groups in total. The second kappa shape index (κ2) is 9.43. The predicted molar refractivity (Wildman–Crippen MR) is 150 cm³/mol. The third kappa shape index (κ3) is 4.06. The monoisotopic (exact) mass is 533 g/mol. The molecule has 6 rings (SSSR count). The van der Waals surface area contributed by atoms with Crippen molar-refractivity contribution < 1.29 is 33.9 Å². The molecule has 6 aromatic rings. The Morgan fingerprint density at radius 1 is 0.725 bits per heavy atom. The van der Waals surface area contributed by atoms with Crippen LogP contribution >= 0.6 is 0 Å². The average molecular weight is 534 g/mol. The molecular formula is C32H25N2O6+. The number of carbonyl (C=O) groups is 2. The number of aryl methyl sites for hydroxylation is 3. The van der Waals surface area contributed by atoms with Gasteiger partial charge in [0.2, 0.25) is 22.8 Å². The van der Waals surface area contributed by atoms with Gasteiger partial charge in [0.1, 0.15) is 12.8 Å². The lowest BCUT2D eigenvalue weighted by atomic mass is 9.98. The molecular weight excluding hydrogens is 508 g/mol. The molecule has 0 atom stereocenters. The number of carbonyl (C=O) groups excluding carboxylic acids is 2. The van der Waals surface area contributed by atoms with Gasteiger partial charge in [0.15, 0.2) is 0 Å². The number of pyridine rings is 1. The summed E-state index contributed by atoms with van der Waals surface area (Å²) in [5, 5.41) is 23.2. The molecule has 198 valence electrons. The van der Waals surface area contributed by atoms with Crippen LogP contribution in [0.4, 0.5) is 0 Å². The first-order valence-corrected chi connectivity index (χ1v) is 12.6. The number of aromatic nitrogens is 2. The number of hydrogen-bond donors (Lipinski definition) is 2. The molecule has 8 heteroatoms. The maximum atomic E-state index is 13.9. The highest BCUT2D eigenvalue weighted by molar-refractivity contribution is 6.15. The van der Waals surface area contributed by atoms with Crippen LogP contribution in [0.5, 0.6) is 17.5 Å². The summed E-state index contributed by atoms with van der Waals surface area (Å²) in [5.41, 5.74) is 3.49. The molecule has 0 saturated heterocycles. The van der Waals surface area contributed by atoms with Gasteiger partial charge in [-0.3, -0.25) is 0 Å². The first-order chi connectivity index (χ1) is 19.2. The van der Waals surface area contributed by atoms with Gasteiger partial charge in [-0.25, -0.2) is 9.59 Å². The lowest BCUT2D eigenvalue weighted by molar-refractivity contribution is -0.617. The second-order valence-corrected chi connectivity index (χ2v) is 9.72. The normalized spacial score (nSPS) is 11.3. The van der Waals surface area contributed by atoms with Crippen molar-refractivity contribution in [2.45, 2.75) is 13.8 Å². The summed E-state index contributed by atoms with van der Waals surface area (Å²) >= 11 is 0. The number of para-hydroxylation sites is 1. The molecule has 0 spiro atoms. The molecule has 8 nitrogen and oxygen atoms in total. The van der Waals surface area contributed by atoms with Gasteiger partial charge in [-0.05, 0) is 60.0 Å². The molecule has 40 heavy (non-hydrogen) atoms. The quantitative estimate of drug-likeness (QED) is 0.138. The Kier molecular flexibility index (Phi) is 5.88. The zero-order valence-electron chi connectivity index (χ0n) is 22.0. The van der Waals surface area contributed by atoms with E-state index >= 15 is 0 Å². The van der Waals surface area contributed by atoms with E-state index in [1.807, 2.05) is 61.6 Å². The van der Waals surface area contributed by atoms with Crippen LogP contribution < -0.4 is 14.1 Å². The van der Waals surface area contributed by atoms with Crippen LogP contribution in [0.1, 0.15) is 31.8 Å². The van der Waals surface area contributed by atoms with Crippen LogP contribution in [-0.4, -0.2) is 26.9 Å². The minimum Gasteiger partial charge on any atom is -0.492 e. The number of rotatable bonds is 4. The number of ether oxygens (including phenoxy) is 1. The van der Waals surface area contributed by atoms with E-state index < -0.39 is 23.7 Å². The highest BCUT2D eigenvalue weighted by Crippen LogP contribution is 2.32. The van der Waals surface area contributed by atoms with Crippen LogP contribution in [-0.2, 0) is 7.05 Å². The molecule has 4 aromatic carbocycles. The molecule has 0 unspecified atom stereocenters. The lowest BCUT2D eigenvalue weighted by Gasteiger charge is -2.15. The number of benzene rings is 4. The SMILES string of the molecule is Cc1cc(C(=O)On2c(O)ccc2O)cc(C)c1OC(=O)c1c2ccccc2[n+](C)c2cc3ccccc3cc12. The number of esters is 1. The van der Waals surface area contributed by atoms with Crippen molar-refractivity contribution in [2.75, 3.05) is 0 Å². The van der Waals surface area contributed by atoms with Crippen LogP contribution in [0.2, 0.25) is 0 Å². The Morgan fingerprint density at radius 3 is 2.00 bits per heavy atom. The van der Waals surface area contributed by atoms with E-state index in [1.54, 1.807) is 13.8 Å². The van der Waals surface area contributed by atoms with Gasteiger partial charge < -0.3 is 19.8 Å². The Hall–Kier alpha value is -5.37. The second-order valence-electron chi connectivity index (χ2n) is 9.72. The fraction of sp³-hybridized carbons (Fsp3) is 0.0938. The number of nitrogens with zero attached hydrogens (tertiary/aromatic N) is 2. The van der Waals surface area contributed by atoms with E-state index in [2.05, 4.69) is 10.6 Å². The third-order valence-corrected chi connectivity index (χ3v) is 7.10. The Balaban J connectivity index is 1.42. The molecule has 0 aliphatic heterocycles. The maximum Gasteiger partial charge on any atom is 0.363 e. The molecule has 2 aromatic heterocycles. The number of hydrogen-bond acceptors (Lipinski definition) is 6. The Morgan fingerprint density at radius 2 is 1.32 bits per heavy atom. The molecule has 0 aliphatic rings. The van der Waals surface area contributed by atoms with Crippen molar-refractivity contribution in [3.05, 3.63) is 107 Å². The first-order valence-electron chi connectivity index (χ1n) is 12.6. The Bertz CT molecular complexity index is 1960. The number of aromatic hydroxyl groups is 2. The molecule has 0 saturated carbocycles. The fourth-order valence-electron chi connectivity index (χ4n) is 5.18. The number of fused-ring (bicyclic) bond motifs is 3. The van der Waals surface area contributed by atoms with Crippen LogP contribution in [0.25, 0.3) is 32.6 Å². The summed E-state index contributed by atoms with van der Waals surface area (Å²) in [6.07, 6.45) is 0. The van der Waals surface area contributed by atoms with E-state index in [-0.39, 0.29) is 5.56 Å². The van der Waals surface area contributed by atoms with Crippen molar-refractivity contribution >= 4 is 44.5 Å². The minimum atomic E-state index is -0.801. The highest BCUT2D eigenvalue weighted by Gasteiger charge is 2.26. The summed E-state index contributed by atoms with van der Waals surface area (Å²) in [7, 11) is 1.98. The molecule has 2 heterocycles. The largest absolute Gasteiger partial charge is 0.492 e. The van der Waals surface area contributed by atoms with E-state index in [1.165, 1.54) is 24.3 Å². The molecule has 0 amide bonds. The topological polar surface area (TPSA) is 102 Å². The molecule has 0 bridgehead atoms. The summed E-state index contributed by atoms with van der Waals surface area (Å²) in [5.74, 6) is -1.83. The first kappa shape index (κ1) is 24.9. The molecule has 0 radical (unpaired) electrons. The van der Waals surface area contributed by atoms with Gasteiger partial charge in [0.05, 0.1) is 21.9 Å². The molecule has 0 fully saturated rings. The summed E-state index contributed by atoms with van der Waals surface area (Å²) in [4.78, 5) is 31.8. The summed E-state index contributed by atoms with van der Waals surface area (Å²) in [6, 6.07) is 25.3. The van der Waals surface area contributed by atoms with E-state index in [4.69, 9.17) is 9.57 Å². The zero-order valence-corrected chi connectivity index (χ0v) is 22.0. The molecule has 0 aliphatic carbocycles. The fourth-order valence-corrected chi connectivity index (χ4v) is 5.18. The summed E-state index contributed by atoms with van der Waals surface area (Å²) < 4.78 is 8.72. The van der Waals surface area contributed by atoms with Crippen molar-refractivity contribution in [3.8, 4) is 17.5 Å². The summed E-state index contributed by atoms with van der Waals surface area (Å²) in [6.45, 7) is 3.46. The standard InChI is InChI=1S/C32H24N2O6/c1-18-14-22(31(37)40-34-27(35)12-13-28(34)36)15-19(2)30(18)39-32(38)29-23-10-6-7-11-25(23)33(3)26-17-21-9-5-4-8-20(21)16-24(26)29/h4-17,38H,1-3H3/p+1.